The summed E-state index contributed by atoms with van der Waals surface area (Å²) in [6.45, 7) is 0.283. The fraction of sp³-hybridized carbons (Fsp3) is 0.211. The number of anilines is 1. The fourth-order valence-corrected chi connectivity index (χ4v) is 3.37. The van der Waals surface area contributed by atoms with E-state index in [2.05, 4.69) is 38.1 Å². The van der Waals surface area contributed by atoms with E-state index < -0.39 is 0 Å². The third-order valence-electron chi connectivity index (χ3n) is 3.81. The van der Waals surface area contributed by atoms with Crippen LogP contribution in [0.2, 0.25) is 0 Å². The average Bonchev–Trinajstić information content (AvgIpc) is 3.06. The number of methoxy groups -OCH3 is 1. The van der Waals surface area contributed by atoms with Crippen LogP contribution in [-0.2, 0) is 18.4 Å². The Labute approximate surface area is 181 Å². The van der Waals surface area contributed by atoms with Gasteiger partial charge in [0.25, 0.3) is 0 Å². The Kier molecular flexibility index (Phi) is 7.15. The molecule has 0 saturated heterocycles. The average molecular weight is 510 g/mol. The van der Waals surface area contributed by atoms with Gasteiger partial charge in [-0.1, -0.05) is 11.8 Å². The molecule has 0 unspecified atom stereocenters. The van der Waals surface area contributed by atoms with E-state index in [-0.39, 0.29) is 18.3 Å². The molecule has 7 nitrogen and oxygen atoms in total. The van der Waals surface area contributed by atoms with Crippen LogP contribution in [0.5, 0.6) is 11.5 Å². The van der Waals surface area contributed by atoms with Gasteiger partial charge in [0.05, 0.1) is 12.9 Å². The smallest absolute Gasteiger partial charge is 0.234 e. The molecule has 146 valence electrons. The van der Waals surface area contributed by atoms with Crippen LogP contribution in [0.25, 0.3) is 0 Å². The first-order chi connectivity index (χ1) is 13.5. The number of carbonyl (C=O) groups excluding carboxylic acids is 1. The number of benzene rings is 2. The molecule has 1 amide bonds. The van der Waals surface area contributed by atoms with Crippen molar-refractivity contribution in [2.45, 2.75) is 11.8 Å². The lowest BCUT2D eigenvalue weighted by Gasteiger charge is -2.07. The van der Waals surface area contributed by atoms with Gasteiger partial charge < -0.3 is 19.4 Å². The summed E-state index contributed by atoms with van der Waals surface area (Å²) in [6.07, 6.45) is 0. The van der Waals surface area contributed by atoms with Crippen LogP contribution >= 0.6 is 34.4 Å². The molecule has 1 aromatic heterocycles. The maximum Gasteiger partial charge on any atom is 0.234 e. The summed E-state index contributed by atoms with van der Waals surface area (Å²) in [4.78, 5) is 12.1. The third-order valence-corrected chi connectivity index (χ3v) is 5.55. The van der Waals surface area contributed by atoms with Gasteiger partial charge in [-0.25, -0.2) is 0 Å². The van der Waals surface area contributed by atoms with E-state index in [1.165, 1.54) is 11.8 Å². The minimum Gasteiger partial charge on any atom is -0.497 e. The number of rotatable bonds is 8. The molecular weight excluding hydrogens is 491 g/mol. The van der Waals surface area contributed by atoms with E-state index in [4.69, 9.17) is 9.47 Å². The predicted octanol–water partition coefficient (Wildman–Crippen LogP) is 3.74. The van der Waals surface area contributed by atoms with Crippen molar-refractivity contribution in [3.05, 3.63) is 57.9 Å². The summed E-state index contributed by atoms with van der Waals surface area (Å²) >= 11 is 3.55. The summed E-state index contributed by atoms with van der Waals surface area (Å²) < 4.78 is 13.8. The molecule has 2 aromatic carbocycles. The van der Waals surface area contributed by atoms with Crippen molar-refractivity contribution in [2.75, 3.05) is 18.2 Å². The number of nitrogens with one attached hydrogen (secondary N) is 1. The van der Waals surface area contributed by atoms with E-state index in [9.17, 15) is 4.79 Å². The Morgan fingerprint density at radius 3 is 2.46 bits per heavy atom. The first kappa shape index (κ1) is 20.5. The molecule has 0 spiro atoms. The molecule has 0 radical (unpaired) electrons. The summed E-state index contributed by atoms with van der Waals surface area (Å²) in [6, 6.07) is 15.0. The van der Waals surface area contributed by atoms with Gasteiger partial charge in [0.2, 0.25) is 5.91 Å². The Hall–Kier alpha value is -2.27. The number of nitrogens with zero attached hydrogens (tertiary/aromatic N) is 3. The van der Waals surface area contributed by atoms with Gasteiger partial charge in [0.1, 0.15) is 18.1 Å². The molecule has 3 aromatic rings. The SMILES string of the molecule is COc1ccc(OCc2nnc(SCC(=O)Nc3ccc(I)cc3)n2C)cc1. The third kappa shape index (κ3) is 5.61. The normalized spacial score (nSPS) is 10.5. The number of amides is 1. The van der Waals surface area contributed by atoms with E-state index >= 15 is 0 Å². The zero-order valence-electron chi connectivity index (χ0n) is 15.4. The topological polar surface area (TPSA) is 78.3 Å². The molecule has 3 rings (SSSR count). The highest BCUT2D eigenvalue weighted by Crippen LogP contribution is 2.20. The van der Waals surface area contributed by atoms with Crippen molar-refractivity contribution in [1.82, 2.24) is 14.8 Å². The second-order valence-corrected chi connectivity index (χ2v) is 7.95. The van der Waals surface area contributed by atoms with Gasteiger partial charge in [-0.05, 0) is 71.1 Å². The second kappa shape index (κ2) is 9.78. The molecule has 0 bridgehead atoms. The van der Waals surface area contributed by atoms with Gasteiger partial charge in [0.15, 0.2) is 11.0 Å². The molecule has 0 saturated carbocycles. The van der Waals surface area contributed by atoms with Crippen molar-refractivity contribution in [3.63, 3.8) is 0 Å². The van der Waals surface area contributed by atoms with Crippen LogP contribution < -0.4 is 14.8 Å². The highest BCUT2D eigenvalue weighted by molar-refractivity contribution is 14.1. The molecule has 9 heteroatoms. The molecule has 0 atom stereocenters. The van der Waals surface area contributed by atoms with Gasteiger partial charge in [-0.2, -0.15) is 0 Å². The van der Waals surface area contributed by atoms with E-state index in [1.807, 2.05) is 60.1 Å². The summed E-state index contributed by atoms with van der Waals surface area (Å²) in [5.41, 5.74) is 0.776. The van der Waals surface area contributed by atoms with Crippen LogP contribution in [0.1, 0.15) is 5.82 Å². The Bertz CT molecular complexity index is 929. The quantitative estimate of drug-likeness (QED) is 0.368. The van der Waals surface area contributed by atoms with E-state index in [0.717, 1.165) is 20.8 Å². The number of thioether (sulfide) groups is 1. The lowest BCUT2D eigenvalue weighted by Crippen LogP contribution is -2.14. The number of carbonyl (C=O) groups is 1. The lowest BCUT2D eigenvalue weighted by atomic mass is 10.3. The van der Waals surface area contributed by atoms with Crippen molar-refractivity contribution in [2.24, 2.45) is 7.05 Å². The molecule has 28 heavy (non-hydrogen) atoms. The Balaban J connectivity index is 1.50. The minimum absolute atomic E-state index is 0.0924. The lowest BCUT2D eigenvalue weighted by molar-refractivity contribution is -0.113. The Morgan fingerprint density at radius 2 is 1.79 bits per heavy atom. The highest BCUT2D eigenvalue weighted by Gasteiger charge is 2.12. The number of hydrogen-bond acceptors (Lipinski definition) is 6. The molecule has 1 N–H and O–H groups in total. The number of ether oxygens (including phenoxy) is 2. The summed E-state index contributed by atoms with van der Waals surface area (Å²) in [5, 5.41) is 11.8. The zero-order valence-corrected chi connectivity index (χ0v) is 18.4. The second-order valence-electron chi connectivity index (χ2n) is 5.77. The van der Waals surface area contributed by atoms with Crippen LogP contribution in [0, 0.1) is 3.57 Å². The maximum absolute atomic E-state index is 12.1. The van der Waals surface area contributed by atoms with Crippen LogP contribution in [0.4, 0.5) is 5.69 Å². The maximum atomic E-state index is 12.1. The highest BCUT2D eigenvalue weighted by atomic mass is 127. The molecule has 0 fully saturated rings. The molecule has 1 heterocycles. The van der Waals surface area contributed by atoms with Gasteiger partial charge in [-0.15, -0.1) is 10.2 Å². The van der Waals surface area contributed by atoms with Crippen LogP contribution in [-0.4, -0.2) is 33.5 Å². The largest absolute Gasteiger partial charge is 0.497 e. The van der Waals surface area contributed by atoms with Gasteiger partial charge >= 0.3 is 0 Å². The van der Waals surface area contributed by atoms with Gasteiger partial charge in [0, 0.05) is 16.3 Å². The summed E-state index contributed by atoms with van der Waals surface area (Å²) in [5.74, 6) is 2.32. The Morgan fingerprint density at radius 1 is 1.11 bits per heavy atom. The van der Waals surface area contributed by atoms with E-state index in [0.29, 0.717) is 11.0 Å². The fourth-order valence-electron chi connectivity index (χ4n) is 2.28. The van der Waals surface area contributed by atoms with Crippen molar-refractivity contribution in [3.8, 4) is 11.5 Å². The van der Waals surface area contributed by atoms with Crippen LogP contribution in [0.3, 0.4) is 0 Å². The molecular formula is C19H19IN4O3S. The van der Waals surface area contributed by atoms with Crippen molar-refractivity contribution < 1.29 is 14.3 Å². The van der Waals surface area contributed by atoms with Crippen molar-refractivity contribution >= 4 is 45.9 Å². The monoisotopic (exact) mass is 510 g/mol. The first-order valence-electron chi connectivity index (χ1n) is 8.38. The number of hydrogen-bond donors (Lipinski definition) is 1. The molecule has 0 aliphatic rings. The van der Waals surface area contributed by atoms with Gasteiger partial charge in [-0.3, -0.25) is 4.79 Å². The summed E-state index contributed by atoms with van der Waals surface area (Å²) in [7, 11) is 3.47. The standard InChI is InChI=1S/C19H19IN4O3S/c1-24-17(11-27-16-9-7-15(26-2)8-10-16)22-23-19(24)28-12-18(25)21-14-5-3-13(20)4-6-14/h3-10H,11-12H2,1-2H3,(H,21,25). The predicted molar refractivity (Wildman–Crippen MR) is 117 cm³/mol. The van der Waals surface area contributed by atoms with Crippen LogP contribution in [0.15, 0.2) is 53.7 Å². The molecule has 0 aliphatic carbocycles. The van der Waals surface area contributed by atoms with E-state index in [1.54, 1.807) is 7.11 Å². The number of halogens is 1. The minimum atomic E-state index is -0.0924. The first-order valence-corrected chi connectivity index (χ1v) is 10.4. The zero-order chi connectivity index (χ0) is 19.9. The number of aromatic nitrogens is 3. The molecule has 0 aliphatic heterocycles. The van der Waals surface area contributed by atoms with Crippen molar-refractivity contribution in [1.29, 1.82) is 0 Å².